The van der Waals surface area contributed by atoms with Crippen LogP contribution in [-0.2, 0) is 19.6 Å². The van der Waals surface area contributed by atoms with Gasteiger partial charge in [-0.1, -0.05) is 24.6 Å². The van der Waals surface area contributed by atoms with Gasteiger partial charge in [0.25, 0.3) is 0 Å². The molecule has 0 aliphatic rings. The summed E-state index contributed by atoms with van der Waals surface area (Å²) in [5.41, 5.74) is 1.07. The van der Waals surface area contributed by atoms with E-state index in [-0.39, 0.29) is 34.2 Å². The molecule has 0 aliphatic carbocycles. The first-order valence-electron chi connectivity index (χ1n) is 9.38. The van der Waals surface area contributed by atoms with Crippen molar-refractivity contribution in [2.75, 3.05) is 39.7 Å². The lowest BCUT2D eigenvalue weighted by molar-refractivity contribution is -0.116. The highest BCUT2D eigenvalue weighted by atomic mass is 32.2. The van der Waals surface area contributed by atoms with Crippen LogP contribution < -0.4 is 14.8 Å². The number of hydrogen-bond donors (Lipinski definition) is 1. The molecule has 0 fully saturated rings. The summed E-state index contributed by atoms with van der Waals surface area (Å²) in [6.07, 6.45) is 0. The van der Waals surface area contributed by atoms with Gasteiger partial charge in [0, 0.05) is 18.7 Å². The number of hydrogen-bond acceptors (Lipinski definition) is 7. The van der Waals surface area contributed by atoms with Crippen LogP contribution in [0.15, 0.2) is 41.3 Å². The second kappa shape index (κ2) is 10.3. The Morgan fingerprint density at radius 2 is 1.58 bits per heavy atom. The molecule has 2 aromatic rings. The highest BCUT2D eigenvalue weighted by Crippen LogP contribution is 2.33. The Morgan fingerprint density at radius 1 is 1.00 bits per heavy atom. The largest absolute Gasteiger partial charge is 0.493 e. The van der Waals surface area contributed by atoms with Gasteiger partial charge in [-0.3, -0.25) is 4.79 Å². The molecular weight excluding hydrogens is 424 g/mol. The van der Waals surface area contributed by atoms with E-state index in [0.717, 1.165) is 9.87 Å². The lowest BCUT2D eigenvalue weighted by Gasteiger charge is -2.21. The summed E-state index contributed by atoms with van der Waals surface area (Å²) in [7, 11) is 0.152. The number of nitrogens with zero attached hydrogens (tertiary/aromatic N) is 1. The molecule has 0 unspecified atom stereocenters. The zero-order valence-electron chi connectivity index (χ0n) is 18.1. The molecule has 0 heterocycles. The van der Waals surface area contributed by atoms with Gasteiger partial charge >= 0.3 is 5.97 Å². The van der Waals surface area contributed by atoms with Crippen LogP contribution in [0.25, 0.3) is 0 Å². The molecule has 0 bridgehead atoms. The van der Waals surface area contributed by atoms with Gasteiger partial charge < -0.3 is 19.5 Å². The van der Waals surface area contributed by atoms with Crippen molar-refractivity contribution in [3.05, 3.63) is 47.5 Å². The van der Waals surface area contributed by atoms with Crippen LogP contribution in [-0.4, -0.2) is 59.0 Å². The third-order valence-corrected chi connectivity index (χ3v) is 6.47. The molecule has 10 heteroatoms. The minimum Gasteiger partial charge on any atom is -0.493 e. The number of aryl methyl sites for hydroxylation is 1. The SMILES string of the molecule is CCN(CC(=O)Nc1cc(OC)c(OC)cc1C(=O)OC)S(=O)(=O)c1ccc(C)cc1. The summed E-state index contributed by atoms with van der Waals surface area (Å²) in [5.74, 6) is -0.770. The predicted molar refractivity (Wildman–Crippen MR) is 115 cm³/mol. The number of benzene rings is 2. The third-order valence-electron chi connectivity index (χ3n) is 4.53. The van der Waals surface area contributed by atoms with E-state index in [1.807, 2.05) is 6.92 Å². The Morgan fingerprint density at radius 3 is 2.10 bits per heavy atom. The zero-order chi connectivity index (χ0) is 23.2. The van der Waals surface area contributed by atoms with E-state index in [1.165, 1.54) is 45.6 Å². The third kappa shape index (κ3) is 5.53. The fourth-order valence-electron chi connectivity index (χ4n) is 2.84. The van der Waals surface area contributed by atoms with Crippen molar-refractivity contribution in [1.82, 2.24) is 4.31 Å². The molecule has 9 nitrogen and oxygen atoms in total. The number of amides is 1. The Kier molecular flexibility index (Phi) is 8.01. The maximum Gasteiger partial charge on any atom is 0.340 e. The Bertz CT molecular complexity index is 1050. The van der Waals surface area contributed by atoms with E-state index >= 15 is 0 Å². The fourth-order valence-corrected chi connectivity index (χ4v) is 4.24. The second-order valence-electron chi connectivity index (χ2n) is 6.54. The maximum atomic E-state index is 12.9. The average molecular weight is 451 g/mol. The van der Waals surface area contributed by atoms with Crippen LogP contribution in [0.4, 0.5) is 5.69 Å². The highest BCUT2D eigenvalue weighted by molar-refractivity contribution is 7.89. The molecule has 2 aromatic carbocycles. The van der Waals surface area contributed by atoms with Crippen LogP contribution in [0, 0.1) is 6.92 Å². The fraction of sp³-hybridized carbons (Fsp3) is 0.333. The van der Waals surface area contributed by atoms with Crippen molar-refractivity contribution >= 4 is 27.6 Å². The van der Waals surface area contributed by atoms with Crippen molar-refractivity contribution in [3.8, 4) is 11.5 Å². The van der Waals surface area contributed by atoms with E-state index < -0.39 is 28.4 Å². The molecule has 1 amide bonds. The molecule has 0 aliphatic heterocycles. The summed E-state index contributed by atoms with van der Waals surface area (Å²) in [6.45, 7) is 3.12. The number of anilines is 1. The van der Waals surface area contributed by atoms with Crippen LogP contribution in [0.2, 0.25) is 0 Å². The quantitative estimate of drug-likeness (QED) is 0.584. The Balaban J connectivity index is 2.31. The highest BCUT2D eigenvalue weighted by Gasteiger charge is 2.26. The van der Waals surface area contributed by atoms with E-state index in [1.54, 1.807) is 19.1 Å². The minimum atomic E-state index is -3.87. The van der Waals surface area contributed by atoms with E-state index in [4.69, 9.17) is 14.2 Å². The van der Waals surface area contributed by atoms with Crippen molar-refractivity contribution in [2.24, 2.45) is 0 Å². The number of nitrogens with one attached hydrogen (secondary N) is 1. The van der Waals surface area contributed by atoms with Gasteiger partial charge in [0.05, 0.1) is 44.0 Å². The number of carbonyl (C=O) groups excluding carboxylic acids is 2. The molecule has 0 spiro atoms. The van der Waals surface area contributed by atoms with E-state index in [2.05, 4.69) is 5.32 Å². The van der Waals surface area contributed by atoms with Crippen molar-refractivity contribution in [3.63, 3.8) is 0 Å². The van der Waals surface area contributed by atoms with Crippen LogP contribution in [0.3, 0.4) is 0 Å². The lowest BCUT2D eigenvalue weighted by Crippen LogP contribution is -2.38. The molecule has 0 aromatic heterocycles. The Hall–Kier alpha value is -3.11. The molecule has 0 atom stereocenters. The van der Waals surface area contributed by atoms with Gasteiger partial charge in [0.2, 0.25) is 15.9 Å². The van der Waals surface area contributed by atoms with Crippen LogP contribution in [0.1, 0.15) is 22.8 Å². The standard InChI is InChI=1S/C21H26N2O7S/c1-6-23(31(26,27)15-9-7-14(2)8-10-15)13-20(24)22-17-12-19(29-4)18(28-3)11-16(17)21(25)30-5/h7-12H,6,13H2,1-5H3,(H,22,24). The van der Waals surface area contributed by atoms with Gasteiger partial charge in [-0.15, -0.1) is 0 Å². The first-order valence-corrected chi connectivity index (χ1v) is 10.8. The summed E-state index contributed by atoms with van der Waals surface area (Å²) in [6, 6.07) is 9.15. The molecule has 2 rings (SSSR count). The van der Waals surface area contributed by atoms with Crippen molar-refractivity contribution < 1.29 is 32.2 Å². The smallest absolute Gasteiger partial charge is 0.340 e. The summed E-state index contributed by atoms with van der Waals surface area (Å²) < 4.78 is 42.0. The predicted octanol–water partition coefficient (Wildman–Crippen LogP) is 2.45. The summed E-state index contributed by atoms with van der Waals surface area (Å²) >= 11 is 0. The Labute approximate surface area is 182 Å². The first-order chi connectivity index (χ1) is 14.7. The van der Waals surface area contributed by atoms with Gasteiger partial charge in [0.1, 0.15) is 0 Å². The average Bonchev–Trinajstić information content (AvgIpc) is 2.76. The van der Waals surface area contributed by atoms with E-state index in [0.29, 0.717) is 0 Å². The van der Waals surface area contributed by atoms with Crippen LogP contribution in [0.5, 0.6) is 11.5 Å². The summed E-state index contributed by atoms with van der Waals surface area (Å²) in [5, 5.41) is 2.57. The molecule has 0 radical (unpaired) electrons. The number of likely N-dealkylation sites (N-methyl/N-ethyl adjacent to an activating group) is 1. The monoisotopic (exact) mass is 450 g/mol. The molecule has 0 saturated heterocycles. The topological polar surface area (TPSA) is 111 Å². The van der Waals surface area contributed by atoms with Gasteiger partial charge in [0.15, 0.2) is 11.5 Å². The number of sulfonamides is 1. The maximum absolute atomic E-state index is 12.9. The molecule has 1 N–H and O–H groups in total. The molecule has 0 saturated carbocycles. The number of rotatable bonds is 9. The minimum absolute atomic E-state index is 0.0398. The molecular formula is C21H26N2O7S. The lowest BCUT2D eigenvalue weighted by atomic mass is 10.1. The normalized spacial score (nSPS) is 11.2. The van der Waals surface area contributed by atoms with Gasteiger partial charge in [-0.25, -0.2) is 13.2 Å². The van der Waals surface area contributed by atoms with Gasteiger partial charge in [-0.2, -0.15) is 4.31 Å². The first kappa shape index (κ1) is 24.2. The molecule has 168 valence electrons. The summed E-state index contributed by atoms with van der Waals surface area (Å²) in [4.78, 5) is 24.9. The number of ether oxygens (including phenoxy) is 3. The number of esters is 1. The number of carbonyl (C=O) groups is 2. The number of methoxy groups -OCH3 is 3. The zero-order valence-corrected chi connectivity index (χ0v) is 18.9. The van der Waals surface area contributed by atoms with Crippen molar-refractivity contribution in [2.45, 2.75) is 18.7 Å². The second-order valence-corrected chi connectivity index (χ2v) is 8.47. The molecule has 31 heavy (non-hydrogen) atoms. The van der Waals surface area contributed by atoms with E-state index in [9.17, 15) is 18.0 Å². The van der Waals surface area contributed by atoms with Crippen LogP contribution >= 0.6 is 0 Å². The van der Waals surface area contributed by atoms with Gasteiger partial charge in [-0.05, 0) is 19.1 Å². The van der Waals surface area contributed by atoms with Crippen molar-refractivity contribution in [1.29, 1.82) is 0 Å².